The van der Waals surface area contributed by atoms with Crippen molar-refractivity contribution < 1.29 is 23.1 Å². The number of piperidine rings is 1. The number of aliphatic carboxylic acids is 1. The predicted molar refractivity (Wildman–Crippen MR) is 98.7 cm³/mol. The summed E-state index contributed by atoms with van der Waals surface area (Å²) in [5.74, 6) is -1.46. The molecular weight excluding hydrogens is 356 g/mol. The molecule has 144 valence electrons. The molecule has 0 bridgehead atoms. The molecule has 2 unspecified atom stereocenters. The highest BCUT2D eigenvalue weighted by Gasteiger charge is 2.31. The molecule has 8 heteroatoms. The van der Waals surface area contributed by atoms with Crippen LogP contribution in [0.3, 0.4) is 0 Å². The molecule has 1 aromatic carbocycles. The Kier molecular flexibility index (Phi) is 7.02. The number of urea groups is 1. The number of carboxylic acids is 1. The Hall–Kier alpha value is -2.09. The summed E-state index contributed by atoms with van der Waals surface area (Å²) < 4.78 is 24.2. The molecule has 0 aliphatic carbocycles. The average molecular weight is 382 g/mol. The molecule has 1 saturated heterocycles. The molecule has 0 saturated carbocycles. The monoisotopic (exact) mass is 382 g/mol. The lowest BCUT2D eigenvalue weighted by Crippen LogP contribution is -2.50. The summed E-state index contributed by atoms with van der Waals surface area (Å²) >= 11 is 0. The minimum Gasteiger partial charge on any atom is -0.481 e. The number of nitrogens with one attached hydrogen (secondary N) is 1. The molecule has 7 nitrogen and oxygen atoms in total. The number of likely N-dealkylation sites (tertiary alicyclic amines) is 1. The van der Waals surface area contributed by atoms with E-state index in [9.17, 15) is 18.0 Å². The zero-order chi connectivity index (χ0) is 19.2. The number of rotatable bonds is 7. The summed E-state index contributed by atoms with van der Waals surface area (Å²) in [4.78, 5) is 24.8. The molecule has 1 aliphatic heterocycles. The SMILES string of the molecule is CC1CC(C(=O)O)CN(C(=O)NCCS(=O)(=O)CCc2ccccc2)C1. The van der Waals surface area contributed by atoms with Gasteiger partial charge in [-0.2, -0.15) is 0 Å². The number of aryl methyl sites for hydroxylation is 1. The van der Waals surface area contributed by atoms with E-state index >= 15 is 0 Å². The Balaban J connectivity index is 1.77. The Labute approximate surface area is 154 Å². The molecule has 2 N–H and O–H groups in total. The molecule has 26 heavy (non-hydrogen) atoms. The summed E-state index contributed by atoms with van der Waals surface area (Å²) in [6.45, 7) is 2.57. The minimum atomic E-state index is -3.27. The van der Waals surface area contributed by atoms with Gasteiger partial charge in [-0.15, -0.1) is 0 Å². The van der Waals surface area contributed by atoms with Crippen LogP contribution in [0.15, 0.2) is 30.3 Å². The van der Waals surface area contributed by atoms with E-state index in [0.29, 0.717) is 19.4 Å². The van der Waals surface area contributed by atoms with Gasteiger partial charge in [-0.25, -0.2) is 13.2 Å². The second kappa shape index (κ2) is 9.02. The number of benzene rings is 1. The molecule has 0 radical (unpaired) electrons. The van der Waals surface area contributed by atoms with Crippen molar-refractivity contribution in [3.63, 3.8) is 0 Å². The lowest BCUT2D eigenvalue weighted by atomic mass is 9.91. The van der Waals surface area contributed by atoms with Gasteiger partial charge in [0.2, 0.25) is 0 Å². The van der Waals surface area contributed by atoms with Crippen LogP contribution in [-0.4, -0.2) is 61.6 Å². The fourth-order valence-corrected chi connectivity index (χ4v) is 4.31. The van der Waals surface area contributed by atoms with Crippen molar-refractivity contribution in [2.24, 2.45) is 11.8 Å². The van der Waals surface area contributed by atoms with Crippen molar-refractivity contribution in [1.82, 2.24) is 10.2 Å². The third kappa shape index (κ3) is 6.33. The van der Waals surface area contributed by atoms with Gasteiger partial charge in [0.15, 0.2) is 9.84 Å². The van der Waals surface area contributed by atoms with Gasteiger partial charge in [0.25, 0.3) is 0 Å². The number of sulfone groups is 1. The quantitative estimate of drug-likeness (QED) is 0.742. The third-order valence-corrected chi connectivity index (χ3v) is 6.18. The first kappa shape index (κ1) is 20.2. The van der Waals surface area contributed by atoms with E-state index in [1.54, 1.807) is 0 Å². The van der Waals surface area contributed by atoms with Gasteiger partial charge in [0.1, 0.15) is 0 Å². The molecular formula is C18H26N2O5S. The fraction of sp³-hybridized carbons (Fsp3) is 0.556. The van der Waals surface area contributed by atoms with Crippen LogP contribution in [-0.2, 0) is 21.1 Å². The summed E-state index contributed by atoms with van der Waals surface area (Å²) in [5, 5.41) is 11.8. The van der Waals surface area contributed by atoms with Gasteiger partial charge < -0.3 is 15.3 Å². The summed E-state index contributed by atoms with van der Waals surface area (Å²) in [5.41, 5.74) is 0.960. The number of hydrogen-bond donors (Lipinski definition) is 2. The number of carboxylic acid groups (broad SMARTS) is 1. The van der Waals surface area contributed by atoms with Crippen LogP contribution in [0.5, 0.6) is 0 Å². The van der Waals surface area contributed by atoms with Crippen LogP contribution in [0.1, 0.15) is 18.9 Å². The third-order valence-electron chi connectivity index (χ3n) is 4.53. The smallest absolute Gasteiger partial charge is 0.317 e. The maximum atomic E-state index is 12.2. The summed E-state index contributed by atoms with van der Waals surface area (Å²) in [7, 11) is -3.27. The van der Waals surface area contributed by atoms with E-state index in [4.69, 9.17) is 5.11 Å². The van der Waals surface area contributed by atoms with Gasteiger partial charge in [0.05, 0.1) is 17.4 Å². The number of amides is 2. The largest absolute Gasteiger partial charge is 0.481 e. The lowest BCUT2D eigenvalue weighted by molar-refractivity contribution is -0.143. The molecule has 1 heterocycles. The van der Waals surface area contributed by atoms with E-state index < -0.39 is 27.8 Å². The van der Waals surface area contributed by atoms with Crippen LogP contribution in [0.25, 0.3) is 0 Å². The molecule has 2 rings (SSSR count). The number of hydrogen-bond acceptors (Lipinski definition) is 4. The molecule has 2 amide bonds. The van der Waals surface area contributed by atoms with Crippen molar-refractivity contribution in [3.05, 3.63) is 35.9 Å². The van der Waals surface area contributed by atoms with E-state index in [2.05, 4.69) is 5.32 Å². The maximum Gasteiger partial charge on any atom is 0.317 e. The first-order chi connectivity index (χ1) is 12.3. The normalized spacial score (nSPS) is 20.6. The summed E-state index contributed by atoms with van der Waals surface area (Å²) in [6, 6.07) is 8.98. The lowest BCUT2D eigenvalue weighted by Gasteiger charge is -2.34. The first-order valence-electron chi connectivity index (χ1n) is 8.77. The van der Waals surface area contributed by atoms with Crippen LogP contribution in [0.4, 0.5) is 4.79 Å². The van der Waals surface area contributed by atoms with Gasteiger partial charge in [-0.05, 0) is 24.3 Å². The zero-order valence-corrected chi connectivity index (χ0v) is 15.7. The second-order valence-corrected chi connectivity index (χ2v) is 9.20. The van der Waals surface area contributed by atoms with E-state index in [1.807, 2.05) is 37.3 Å². The topological polar surface area (TPSA) is 104 Å². The number of carbonyl (C=O) groups excluding carboxylic acids is 1. The molecule has 2 atom stereocenters. The van der Waals surface area contributed by atoms with Gasteiger partial charge in [0, 0.05) is 19.6 Å². The zero-order valence-electron chi connectivity index (χ0n) is 14.9. The first-order valence-corrected chi connectivity index (χ1v) is 10.6. The average Bonchev–Trinajstić information content (AvgIpc) is 2.60. The van der Waals surface area contributed by atoms with Crippen molar-refractivity contribution in [2.75, 3.05) is 31.1 Å². The molecule has 1 fully saturated rings. The van der Waals surface area contributed by atoms with Crippen LogP contribution in [0, 0.1) is 11.8 Å². The van der Waals surface area contributed by atoms with E-state index in [0.717, 1.165) is 5.56 Å². The molecule has 0 aromatic heterocycles. The highest BCUT2D eigenvalue weighted by Crippen LogP contribution is 2.21. The van der Waals surface area contributed by atoms with Crippen LogP contribution < -0.4 is 5.32 Å². The Bertz CT molecular complexity index is 720. The van der Waals surface area contributed by atoms with E-state index in [1.165, 1.54) is 4.90 Å². The number of carbonyl (C=O) groups is 2. The van der Waals surface area contributed by atoms with E-state index in [-0.39, 0.29) is 30.5 Å². The van der Waals surface area contributed by atoms with Gasteiger partial charge in [-0.3, -0.25) is 4.79 Å². The molecule has 1 aliphatic rings. The standard InChI is InChI=1S/C18H26N2O5S/c1-14-11-16(17(21)22)13-20(12-14)18(23)19-8-10-26(24,25)9-7-15-5-3-2-4-6-15/h2-6,14,16H,7-13H2,1H3,(H,19,23)(H,21,22). The van der Waals surface area contributed by atoms with Crippen LogP contribution >= 0.6 is 0 Å². The van der Waals surface area contributed by atoms with Crippen molar-refractivity contribution in [2.45, 2.75) is 19.8 Å². The highest BCUT2D eigenvalue weighted by atomic mass is 32.2. The maximum absolute atomic E-state index is 12.2. The van der Waals surface area contributed by atoms with Crippen molar-refractivity contribution >= 4 is 21.8 Å². The molecule has 0 spiro atoms. The fourth-order valence-electron chi connectivity index (χ4n) is 3.14. The van der Waals surface area contributed by atoms with Crippen molar-refractivity contribution in [1.29, 1.82) is 0 Å². The Morgan fingerprint density at radius 2 is 1.88 bits per heavy atom. The molecule has 1 aromatic rings. The second-order valence-electron chi connectivity index (χ2n) is 6.90. The van der Waals surface area contributed by atoms with Gasteiger partial charge in [-0.1, -0.05) is 37.3 Å². The van der Waals surface area contributed by atoms with Gasteiger partial charge >= 0.3 is 12.0 Å². The number of nitrogens with zero attached hydrogens (tertiary/aromatic N) is 1. The van der Waals surface area contributed by atoms with Crippen LogP contribution in [0.2, 0.25) is 0 Å². The minimum absolute atomic E-state index is 0.0264. The van der Waals surface area contributed by atoms with Crippen molar-refractivity contribution in [3.8, 4) is 0 Å². The predicted octanol–water partition coefficient (Wildman–Crippen LogP) is 1.40. The Morgan fingerprint density at radius 3 is 2.54 bits per heavy atom. The summed E-state index contributed by atoms with van der Waals surface area (Å²) in [6.07, 6.45) is 0.994. The Morgan fingerprint density at radius 1 is 1.19 bits per heavy atom. The highest BCUT2D eigenvalue weighted by molar-refractivity contribution is 7.91.